The van der Waals surface area contributed by atoms with Crippen molar-refractivity contribution in [2.24, 2.45) is 11.7 Å². The Labute approximate surface area is 149 Å². The molecule has 136 valence electrons. The maximum absolute atomic E-state index is 13.0. The molecule has 0 bridgehead atoms. The molecule has 2 saturated heterocycles. The standard InChI is InChI=1S/C19H28N4O2/c20-13-17-10-4-5-12-23(17)18(24)15-7-6-11-22(14-15)19(25)21-16-8-2-1-3-9-16/h1-3,8-9,15,17H,4-7,10-14,20H2,(H,21,25). The van der Waals surface area contributed by atoms with E-state index in [1.54, 1.807) is 4.90 Å². The molecule has 0 saturated carbocycles. The van der Waals surface area contributed by atoms with Gasteiger partial charge in [-0.25, -0.2) is 4.79 Å². The number of hydrogen-bond donors (Lipinski definition) is 2. The van der Waals surface area contributed by atoms with Crippen LogP contribution in [-0.2, 0) is 4.79 Å². The van der Waals surface area contributed by atoms with E-state index in [0.29, 0.717) is 19.6 Å². The van der Waals surface area contributed by atoms with Gasteiger partial charge in [0.05, 0.1) is 5.92 Å². The van der Waals surface area contributed by atoms with Gasteiger partial charge in [-0.2, -0.15) is 0 Å². The van der Waals surface area contributed by atoms with E-state index in [4.69, 9.17) is 5.73 Å². The first-order chi connectivity index (χ1) is 12.2. The minimum atomic E-state index is -0.127. The predicted octanol–water partition coefficient (Wildman–Crippen LogP) is 2.27. The highest BCUT2D eigenvalue weighted by Gasteiger charge is 2.34. The lowest BCUT2D eigenvalue weighted by atomic mass is 9.93. The summed E-state index contributed by atoms with van der Waals surface area (Å²) in [6.45, 7) is 2.51. The number of amides is 3. The molecule has 2 aliphatic heterocycles. The molecule has 6 nitrogen and oxygen atoms in total. The van der Waals surface area contributed by atoms with Crippen molar-refractivity contribution in [2.75, 3.05) is 31.5 Å². The fourth-order valence-electron chi connectivity index (χ4n) is 3.86. The van der Waals surface area contributed by atoms with Gasteiger partial charge in [0.2, 0.25) is 5.91 Å². The second-order valence-electron chi connectivity index (χ2n) is 7.00. The zero-order chi connectivity index (χ0) is 17.6. The Morgan fingerprint density at radius 2 is 1.88 bits per heavy atom. The Morgan fingerprint density at radius 1 is 1.08 bits per heavy atom. The highest BCUT2D eigenvalue weighted by Crippen LogP contribution is 2.24. The number of nitrogens with two attached hydrogens (primary N) is 1. The van der Waals surface area contributed by atoms with Crippen LogP contribution in [0.3, 0.4) is 0 Å². The van der Waals surface area contributed by atoms with Crippen molar-refractivity contribution in [3.8, 4) is 0 Å². The zero-order valence-electron chi connectivity index (χ0n) is 14.7. The van der Waals surface area contributed by atoms with Crippen molar-refractivity contribution >= 4 is 17.6 Å². The van der Waals surface area contributed by atoms with Crippen LogP contribution in [0.25, 0.3) is 0 Å². The summed E-state index contributed by atoms with van der Waals surface area (Å²) < 4.78 is 0. The average Bonchev–Trinajstić information content (AvgIpc) is 2.68. The maximum atomic E-state index is 13.0. The van der Waals surface area contributed by atoms with Gasteiger partial charge in [0.25, 0.3) is 0 Å². The number of para-hydroxylation sites is 1. The van der Waals surface area contributed by atoms with Gasteiger partial charge in [-0.3, -0.25) is 4.79 Å². The smallest absolute Gasteiger partial charge is 0.321 e. The highest BCUT2D eigenvalue weighted by atomic mass is 16.2. The lowest BCUT2D eigenvalue weighted by Crippen LogP contribution is -2.53. The van der Waals surface area contributed by atoms with Gasteiger partial charge in [-0.1, -0.05) is 18.2 Å². The van der Waals surface area contributed by atoms with Crippen molar-refractivity contribution in [1.29, 1.82) is 0 Å². The summed E-state index contributed by atoms with van der Waals surface area (Å²) in [6.07, 6.45) is 4.89. The van der Waals surface area contributed by atoms with Crippen LogP contribution < -0.4 is 11.1 Å². The molecule has 0 radical (unpaired) electrons. The number of benzene rings is 1. The van der Waals surface area contributed by atoms with Gasteiger partial charge in [0, 0.05) is 37.9 Å². The molecule has 3 amide bonds. The Balaban J connectivity index is 1.60. The number of urea groups is 1. The Bertz CT molecular complexity index is 592. The third-order valence-electron chi connectivity index (χ3n) is 5.27. The van der Waals surface area contributed by atoms with E-state index < -0.39 is 0 Å². The zero-order valence-corrected chi connectivity index (χ0v) is 14.7. The van der Waals surface area contributed by atoms with Gasteiger partial charge in [0.15, 0.2) is 0 Å². The number of nitrogens with one attached hydrogen (secondary N) is 1. The molecular weight excluding hydrogens is 316 g/mol. The third kappa shape index (κ3) is 4.31. The minimum absolute atomic E-state index is 0.109. The molecule has 2 atom stereocenters. The molecule has 0 aromatic heterocycles. The van der Waals surface area contributed by atoms with Crippen molar-refractivity contribution < 1.29 is 9.59 Å². The van der Waals surface area contributed by atoms with Crippen LogP contribution in [0, 0.1) is 5.92 Å². The molecule has 3 rings (SSSR count). The van der Waals surface area contributed by atoms with Crippen LogP contribution in [0.1, 0.15) is 32.1 Å². The molecule has 2 aliphatic rings. The molecule has 2 fully saturated rings. The molecule has 0 aliphatic carbocycles. The molecular formula is C19H28N4O2. The lowest BCUT2D eigenvalue weighted by Gasteiger charge is -2.40. The second-order valence-corrected chi connectivity index (χ2v) is 7.00. The number of hydrogen-bond acceptors (Lipinski definition) is 3. The topological polar surface area (TPSA) is 78.7 Å². The third-order valence-corrected chi connectivity index (χ3v) is 5.27. The summed E-state index contributed by atoms with van der Waals surface area (Å²) in [5.41, 5.74) is 6.63. The van der Waals surface area contributed by atoms with E-state index in [9.17, 15) is 9.59 Å². The fourth-order valence-corrected chi connectivity index (χ4v) is 3.86. The van der Waals surface area contributed by atoms with E-state index in [2.05, 4.69) is 5.32 Å². The van der Waals surface area contributed by atoms with Crippen molar-refractivity contribution in [3.05, 3.63) is 30.3 Å². The van der Waals surface area contributed by atoms with Crippen LogP contribution in [-0.4, -0.2) is 54.0 Å². The Morgan fingerprint density at radius 3 is 2.64 bits per heavy atom. The molecule has 2 unspecified atom stereocenters. The minimum Gasteiger partial charge on any atom is -0.338 e. The van der Waals surface area contributed by atoms with Gasteiger partial charge < -0.3 is 20.9 Å². The number of likely N-dealkylation sites (tertiary alicyclic amines) is 2. The number of rotatable bonds is 3. The molecule has 3 N–H and O–H groups in total. The quantitative estimate of drug-likeness (QED) is 0.883. The summed E-state index contributed by atoms with van der Waals surface area (Å²) in [4.78, 5) is 29.2. The predicted molar refractivity (Wildman–Crippen MR) is 98.2 cm³/mol. The number of carbonyl (C=O) groups is 2. The van der Waals surface area contributed by atoms with E-state index in [-0.39, 0.29) is 23.9 Å². The molecule has 0 spiro atoms. The average molecular weight is 344 g/mol. The van der Waals surface area contributed by atoms with E-state index in [0.717, 1.165) is 44.3 Å². The van der Waals surface area contributed by atoms with Gasteiger partial charge >= 0.3 is 6.03 Å². The largest absolute Gasteiger partial charge is 0.338 e. The molecule has 6 heteroatoms. The van der Waals surface area contributed by atoms with E-state index >= 15 is 0 Å². The normalized spacial score (nSPS) is 24.0. The molecule has 2 heterocycles. The summed E-state index contributed by atoms with van der Waals surface area (Å²) in [7, 11) is 0. The molecule has 25 heavy (non-hydrogen) atoms. The SMILES string of the molecule is NCC1CCCCN1C(=O)C1CCCN(C(=O)Nc2ccccc2)C1. The number of nitrogens with zero attached hydrogens (tertiary/aromatic N) is 2. The van der Waals surface area contributed by atoms with Crippen molar-refractivity contribution in [1.82, 2.24) is 9.80 Å². The summed E-state index contributed by atoms with van der Waals surface area (Å²) in [6, 6.07) is 9.46. The first kappa shape index (κ1) is 17.7. The summed E-state index contributed by atoms with van der Waals surface area (Å²) >= 11 is 0. The first-order valence-electron chi connectivity index (χ1n) is 9.30. The Hall–Kier alpha value is -2.08. The Kier molecular flexibility index (Phi) is 5.91. The van der Waals surface area contributed by atoms with Crippen LogP contribution in [0.2, 0.25) is 0 Å². The summed E-state index contributed by atoms with van der Waals surface area (Å²) in [5.74, 6) is 0.0646. The van der Waals surface area contributed by atoms with Crippen molar-refractivity contribution in [2.45, 2.75) is 38.1 Å². The van der Waals surface area contributed by atoms with Crippen molar-refractivity contribution in [3.63, 3.8) is 0 Å². The maximum Gasteiger partial charge on any atom is 0.321 e. The lowest BCUT2D eigenvalue weighted by molar-refractivity contribution is -0.140. The van der Waals surface area contributed by atoms with Gasteiger partial charge in [0.1, 0.15) is 0 Å². The first-order valence-corrected chi connectivity index (χ1v) is 9.30. The summed E-state index contributed by atoms with van der Waals surface area (Å²) in [5, 5.41) is 2.91. The van der Waals surface area contributed by atoms with E-state index in [1.165, 1.54) is 0 Å². The number of piperidine rings is 2. The van der Waals surface area contributed by atoms with Gasteiger partial charge in [-0.15, -0.1) is 0 Å². The van der Waals surface area contributed by atoms with E-state index in [1.807, 2.05) is 35.2 Å². The van der Waals surface area contributed by atoms with Crippen LogP contribution in [0.4, 0.5) is 10.5 Å². The number of anilines is 1. The van der Waals surface area contributed by atoms with Gasteiger partial charge in [-0.05, 0) is 44.2 Å². The second kappa shape index (κ2) is 8.34. The number of carbonyl (C=O) groups excluding carboxylic acids is 2. The monoisotopic (exact) mass is 344 g/mol. The fraction of sp³-hybridized carbons (Fsp3) is 0.579. The van der Waals surface area contributed by atoms with Crippen LogP contribution in [0.5, 0.6) is 0 Å². The van der Waals surface area contributed by atoms with Crippen LogP contribution >= 0.6 is 0 Å². The molecule has 1 aromatic rings. The van der Waals surface area contributed by atoms with Crippen LogP contribution in [0.15, 0.2) is 30.3 Å². The molecule has 1 aromatic carbocycles. The highest BCUT2D eigenvalue weighted by molar-refractivity contribution is 5.90.